The summed E-state index contributed by atoms with van der Waals surface area (Å²) in [7, 11) is 0. The summed E-state index contributed by atoms with van der Waals surface area (Å²) >= 11 is 0. The summed E-state index contributed by atoms with van der Waals surface area (Å²) in [5.74, 6) is 1.85. The molecule has 2 aliphatic rings. The zero-order valence-electron chi connectivity index (χ0n) is 15.5. The van der Waals surface area contributed by atoms with E-state index in [4.69, 9.17) is 15.7 Å². The number of piperidine rings is 1. The van der Waals surface area contributed by atoms with E-state index in [0.29, 0.717) is 0 Å². The van der Waals surface area contributed by atoms with Crippen molar-refractivity contribution in [3.05, 3.63) is 24.0 Å². The fourth-order valence-electron chi connectivity index (χ4n) is 4.04. The topological polar surface area (TPSA) is 109 Å². The third-order valence-corrected chi connectivity index (χ3v) is 6.02. The predicted octanol–water partition coefficient (Wildman–Crippen LogP) is 1.95. The van der Waals surface area contributed by atoms with Crippen molar-refractivity contribution in [1.82, 2.24) is 25.1 Å². The minimum Gasteiger partial charge on any atom is -0.369 e. The smallest absolute Gasteiger partial charge is 0.177 e. The summed E-state index contributed by atoms with van der Waals surface area (Å²) in [6, 6.07) is 2.01. The van der Waals surface area contributed by atoms with E-state index in [1.807, 2.05) is 18.5 Å². The summed E-state index contributed by atoms with van der Waals surface area (Å²) in [5.41, 5.74) is 10.8. The number of rotatable bonds is 3. The van der Waals surface area contributed by atoms with E-state index < -0.39 is 0 Å². The summed E-state index contributed by atoms with van der Waals surface area (Å²) in [5, 5.41) is 10.9. The molecule has 5 rings (SSSR count). The number of aromatic amines is 1. The SMILES string of the molecule is CC1(CN)CCN(c2cnc3c(-c4ccnc5c4CCN5)n[nH]c3n2)CC1. The summed E-state index contributed by atoms with van der Waals surface area (Å²) in [4.78, 5) is 16.2. The van der Waals surface area contributed by atoms with Gasteiger partial charge in [-0.05, 0) is 37.3 Å². The number of nitrogens with two attached hydrogens (primary N) is 1. The van der Waals surface area contributed by atoms with E-state index in [1.165, 1.54) is 5.56 Å². The minimum absolute atomic E-state index is 0.241. The van der Waals surface area contributed by atoms with E-state index in [0.717, 1.165) is 79.5 Å². The van der Waals surface area contributed by atoms with Gasteiger partial charge in [0.2, 0.25) is 0 Å². The van der Waals surface area contributed by atoms with Crippen LogP contribution in [0.5, 0.6) is 0 Å². The molecule has 0 aromatic carbocycles. The monoisotopic (exact) mass is 364 g/mol. The van der Waals surface area contributed by atoms with Crippen LogP contribution < -0.4 is 16.0 Å². The molecule has 4 N–H and O–H groups in total. The van der Waals surface area contributed by atoms with Crippen molar-refractivity contribution in [2.45, 2.75) is 26.2 Å². The number of hydrogen-bond donors (Lipinski definition) is 3. The van der Waals surface area contributed by atoms with Gasteiger partial charge in [0.1, 0.15) is 22.8 Å². The maximum Gasteiger partial charge on any atom is 0.177 e. The van der Waals surface area contributed by atoms with Gasteiger partial charge >= 0.3 is 0 Å². The molecule has 0 bridgehead atoms. The van der Waals surface area contributed by atoms with E-state index in [1.54, 1.807) is 0 Å². The van der Waals surface area contributed by atoms with Crippen molar-refractivity contribution in [3.8, 4) is 11.3 Å². The lowest BCUT2D eigenvalue weighted by atomic mass is 9.80. The minimum atomic E-state index is 0.241. The molecule has 3 aromatic heterocycles. The molecule has 0 atom stereocenters. The van der Waals surface area contributed by atoms with Gasteiger partial charge in [-0.15, -0.1) is 0 Å². The molecule has 0 spiro atoms. The van der Waals surface area contributed by atoms with E-state index in [9.17, 15) is 0 Å². The fourth-order valence-corrected chi connectivity index (χ4v) is 4.04. The summed E-state index contributed by atoms with van der Waals surface area (Å²) in [6.45, 7) is 5.83. The van der Waals surface area contributed by atoms with Gasteiger partial charge in [-0.3, -0.25) is 5.10 Å². The van der Waals surface area contributed by atoms with E-state index >= 15 is 0 Å². The second-order valence-electron chi connectivity index (χ2n) is 7.86. The number of fused-ring (bicyclic) bond motifs is 2. The molecule has 8 nitrogen and oxygen atoms in total. The van der Waals surface area contributed by atoms with Crippen molar-refractivity contribution < 1.29 is 0 Å². The van der Waals surface area contributed by atoms with Gasteiger partial charge in [0, 0.05) is 37.0 Å². The van der Waals surface area contributed by atoms with Crippen LogP contribution in [0.25, 0.3) is 22.4 Å². The van der Waals surface area contributed by atoms with Gasteiger partial charge in [-0.25, -0.2) is 15.0 Å². The quantitative estimate of drug-likeness (QED) is 0.652. The van der Waals surface area contributed by atoms with E-state index in [-0.39, 0.29) is 5.41 Å². The molecule has 3 aromatic rings. The Morgan fingerprint density at radius 2 is 2.11 bits per heavy atom. The molecule has 0 unspecified atom stereocenters. The maximum absolute atomic E-state index is 5.92. The van der Waals surface area contributed by atoms with Crippen LogP contribution in [0.4, 0.5) is 11.6 Å². The third kappa shape index (κ3) is 2.71. The van der Waals surface area contributed by atoms with Crippen LogP contribution >= 0.6 is 0 Å². The van der Waals surface area contributed by atoms with Crippen LogP contribution in [0.15, 0.2) is 18.5 Å². The molecular formula is C19H24N8. The second-order valence-corrected chi connectivity index (χ2v) is 7.86. The van der Waals surface area contributed by atoms with Crippen LogP contribution in [-0.4, -0.2) is 51.3 Å². The van der Waals surface area contributed by atoms with E-state index in [2.05, 4.69) is 32.3 Å². The first-order valence-electron chi connectivity index (χ1n) is 9.55. The summed E-state index contributed by atoms with van der Waals surface area (Å²) in [6.07, 6.45) is 6.79. The zero-order chi connectivity index (χ0) is 18.4. The van der Waals surface area contributed by atoms with Gasteiger partial charge in [0.25, 0.3) is 0 Å². The Labute approximate surface area is 157 Å². The Morgan fingerprint density at radius 3 is 2.93 bits per heavy atom. The maximum atomic E-state index is 5.92. The number of aromatic nitrogens is 5. The molecule has 1 fully saturated rings. The number of pyridine rings is 1. The van der Waals surface area contributed by atoms with Crippen LogP contribution in [0.3, 0.4) is 0 Å². The Hall–Kier alpha value is -2.74. The lowest BCUT2D eigenvalue weighted by Gasteiger charge is -2.39. The Kier molecular flexibility index (Phi) is 3.75. The number of hydrogen-bond acceptors (Lipinski definition) is 7. The first kappa shape index (κ1) is 16.4. The number of H-pyrrole nitrogens is 1. The molecule has 0 saturated carbocycles. The molecule has 8 heteroatoms. The molecule has 140 valence electrons. The van der Waals surface area contributed by atoms with Crippen LogP contribution in [0.2, 0.25) is 0 Å². The number of anilines is 2. The molecule has 5 heterocycles. The number of nitrogens with one attached hydrogen (secondary N) is 2. The highest BCUT2D eigenvalue weighted by Crippen LogP contribution is 2.34. The van der Waals surface area contributed by atoms with Crippen molar-refractivity contribution in [1.29, 1.82) is 0 Å². The molecule has 1 saturated heterocycles. The first-order chi connectivity index (χ1) is 13.2. The second kappa shape index (κ2) is 6.16. The molecule has 0 radical (unpaired) electrons. The zero-order valence-corrected chi connectivity index (χ0v) is 15.5. The highest BCUT2D eigenvalue weighted by Gasteiger charge is 2.29. The highest BCUT2D eigenvalue weighted by atomic mass is 15.2. The van der Waals surface area contributed by atoms with Crippen LogP contribution in [-0.2, 0) is 6.42 Å². The van der Waals surface area contributed by atoms with Crippen molar-refractivity contribution in [2.75, 3.05) is 36.4 Å². The lowest BCUT2D eigenvalue weighted by molar-refractivity contribution is 0.258. The van der Waals surface area contributed by atoms with Gasteiger partial charge < -0.3 is 16.0 Å². The molecular weight excluding hydrogens is 340 g/mol. The summed E-state index contributed by atoms with van der Waals surface area (Å²) < 4.78 is 0. The Morgan fingerprint density at radius 1 is 1.26 bits per heavy atom. The van der Waals surface area contributed by atoms with Gasteiger partial charge in [-0.2, -0.15) is 5.10 Å². The molecule has 0 aliphatic carbocycles. The fraction of sp³-hybridized carbons (Fsp3) is 0.474. The van der Waals surface area contributed by atoms with Gasteiger partial charge in [0.15, 0.2) is 5.65 Å². The molecule has 2 aliphatic heterocycles. The average Bonchev–Trinajstić information content (AvgIpc) is 3.35. The van der Waals surface area contributed by atoms with Crippen molar-refractivity contribution in [3.63, 3.8) is 0 Å². The first-order valence-corrected chi connectivity index (χ1v) is 9.55. The lowest BCUT2D eigenvalue weighted by Crippen LogP contribution is -2.42. The molecule has 27 heavy (non-hydrogen) atoms. The molecule has 0 amide bonds. The normalized spacial score (nSPS) is 18.5. The van der Waals surface area contributed by atoms with Crippen molar-refractivity contribution >= 4 is 22.8 Å². The average molecular weight is 364 g/mol. The van der Waals surface area contributed by atoms with Crippen molar-refractivity contribution in [2.24, 2.45) is 11.1 Å². The predicted molar refractivity (Wildman–Crippen MR) is 106 cm³/mol. The van der Waals surface area contributed by atoms with Gasteiger partial charge in [0.05, 0.1) is 6.20 Å². The Balaban J connectivity index is 1.47. The van der Waals surface area contributed by atoms with Crippen LogP contribution in [0.1, 0.15) is 25.3 Å². The largest absolute Gasteiger partial charge is 0.369 e. The standard InChI is InChI=1S/C19H24N8/c1-19(11-20)4-8-27(9-5-19)14-10-23-16-15(25-26-18(16)24-14)12-2-6-21-17-13(12)3-7-22-17/h2,6,10H,3-5,7-9,11,20H2,1H3,(H,21,22)(H,24,25,26). The third-order valence-electron chi connectivity index (χ3n) is 6.02. The number of nitrogens with zero attached hydrogens (tertiary/aromatic N) is 5. The Bertz CT molecular complexity index is 987. The van der Waals surface area contributed by atoms with Gasteiger partial charge in [-0.1, -0.05) is 6.92 Å². The van der Waals surface area contributed by atoms with Crippen LogP contribution in [0, 0.1) is 5.41 Å². The highest BCUT2D eigenvalue weighted by molar-refractivity contribution is 5.90.